The van der Waals surface area contributed by atoms with Gasteiger partial charge >= 0.3 is 5.69 Å². The lowest BCUT2D eigenvalue weighted by molar-refractivity contribution is 0.658. The molecule has 0 unspecified atom stereocenters. The minimum absolute atomic E-state index is 0.174. The molecule has 0 bridgehead atoms. The Morgan fingerprint density at radius 3 is 3.05 bits per heavy atom. The van der Waals surface area contributed by atoms with E-state index in [1.165, 1.54) is 9.08 Å². The largest absolute Gasteiger partial charge is 0.370 e. The van der Waals surface area contributed by atoms with E-state index < -0.39 is 0 Å². The first-order chi connectivity index (χ1) is 10.3. The van der Waals surface area contributed by atoms with Crippen LogP contribution in [-0.2, 0) is 6.54 Å². The lowest BCUT2D eigenvalue weighted by Gasteiger charge is -2.05. The Morgan fingerprint density at radius 2 is 2.24 bits per heavy atom. The van der Waals surface area contributed by atoms with Gasteiger partial charge in [-0.25, -0.2) is 18.9 Å². The summed E-state index contributed by atoms with van der Waals surface area (Å²) in [6.45, 7) is 3.38. The number of aromatic nitrogens is 5. The molecule has 0 aromatic carbocycles. The van der Waals surface area contributed by atoms with E-state index in [1.807, 2.05) is 12.1 Å². The highest BCUT2D eigenvalue weighted by Gasteiger charge is 2.07. The molecule has 0 aliphatic rings. The lowest BCUT2D eigenvalue weighted by Crippen LogP contribution is -2.21. The highest BCUT2D eigenvalue weighted by Crippen LogP contribution is 2.08. The summed E-state index contributed by atoms with van der Waals surface area (Å²) < 4.78 is 2.90. The van der Waals surface area contributed by atoms with Crippen molar-refractivity contribution in [3.63, 3.8) is 0 Å². The summed E-state index contributed by atoms with van der Waals surface area (Å²) in [5.74, 6) is 0.813. The molecule has 0 amide bonds. The molecule has 1 N–H and O–H groups in total. The zero-order valence-electron chi connectivity index (χ0n) is 11.7. The first-order valence-corrected chi connectivity index (χ1v) is 6.86. The Labute approximate surface area is 121 Å². The number of rotatable bonds is 5. The van der Waals surface area contributed by atoms with Crippen LogP contribution in [0.4, 0.5) is 5.82 Å². The van der Waals surface area contributed by atoms with E-state index in [1.54, 1.807) is 24.8 Å². The van der Waals surface area contributed by atoms with E-state index in [2.05, 4.69) is 27.3 Å². The van der Waals surface area contributed by atoms with Gasteiger partial charge in [-0.15, -0.1) is 5.10 Å². The van der Waals surface area contributed by atoms with Crippen LogP contribution in [0.25, 0.3) is 5.65 Å². The first-order valence-electron chi connectivity index (χ1n) is 6.86. The summed E-state index contributed by atoms with van der Waals surface area (Å²) >= 11 is 0. The highest BCUT2D eigenvalue weighted by molar-refractivity contribution is 5.37. The molecule has 3 heterocycles. The van der Waals surface area contributed by atoms with Gasteiger partial charge in [0.15, 0.2) is 5.65 Å². The van der Waals surface area contributed by atoms with Gasteiger partial charge in [0.2, 0.25) is 0 Å². The van der Waals surface area contributed by atoms with E-state index in [0.29, 0.717) is 12.2 Å². The molecule has 0 spiro atoms. The molecule has 3 aromatic heterocycles. The van der Waals surface area contributed by atoms with Crippen molar-refractivity contribution < 1.29 is 0 Å². The maximum atomic E-state index is 12.2. The van der Waals surface area contributed by atoms with Gasteiger partial charge in [-0.2, -0.15) is 0 Å². The second-order valence-corrected chi connectivity index (χ2v) is 4.72. The fourth-order valence-corrected chi connectivity index (χ4v) is 2.08. The average molecular weight is 284 g/mol. The fourth-order valence-electron chi connectivity index (χ4n) is 2.08. The molecular formula is C14H16N6O. The van der Waals surface area contributed by atoms with E-state index in [-0.39, 0.29) is 5.69 Å². The maximum Gasteiger partial charge on any atom is 0.350 e. The van der Waals surface area contributed by atoms with Gasteiger partial charge in [-0.05, 0) is 24.1 Å². The van der Waals surface area contributed by atoms with Gasteiger partial charge in [0, 0.05) is 25.1 Å². The van der Waals surface area contributed by atoms with Gasteiger partial charge in [0.05, 0.1) is 12.7 Å². The van der Waals surface area contributed by atoms with Gasteiger partial charge < -0.3 is 5.32 Å². The van der Waals surface area contributed by atoms with Crippen molar-refractivity contribution in [1.29, 1.82) is 0 Å². The molecule has 0 aliphatic carbocycles. The van der Waals surface area contributed by atoms with Crippen molar-refractivity contribution in [2.24, 2.45) is 0 Å². The summed E-state index contributed by atoms with van der Waals surface area (Å²) in [6, 6.07) is 3.82. The standard InChI is InChI=1S/C14H16N6O/c1-2-4-16-12-8-11(3-5-17-12)10-20-14(21)19-7-6-15-9-13(19)18-20/h3,5-9H,2,4,10H2,1H3,(H,16,17). The fraction of sp³-hybridized carbons (Fsp3) is 0.286. The summed E-state index contributed by atoms with van der Waals surface area (Å²) in [5.41, 5.74) is 1.34. The highest BCUT2D eigenvalue weighted by atomic mass is 16.2. The Kier molecular flexibility index (Phi) is 3.63. The number of anilines is 1. The summed E-state index contributed by atoms with van der Waals surface area (Å²) in [6.07, 6.45) is 7.51. The normalized spacial score (nSPS) is 10.9. The molecular weight excluding hydrogens is 268 g/mol. The van der Waals surface area contributed by atoms with Crippen molar-refractivity contribution in [2.75, 3.05) is 11.9 Å². The monoisotopic (exact) mass is 284 g/mol. The van der Waals surface area contributed by atoms with Crippen molar-refractivity contribution >= 4 is 11.5 Å². The Hall–Kier alpha value is -2.70. The third-order valence-corrected chi connectivity index (χ3v) is 3.10. The van der Waals surface area contributed by atoms with Gasteiger partial charge in [0.25, 0.3) is 0 Å². The van der Waals surface area contributed by atoms with Gasteiger partial charge in [0.1, 0.15) is 5.82 Å². The molecule has 3 aromatic rings. The van der Waals surface area contributed by atoms with Crippen LogP contribution in [0.2, 0.25) is 0 Å². The first kappa shape index (κ1) is 13.3. The van der Waals surface area contributed by atoms with Crippen LogP contribution >= 0.6 is 0 Å². The molecule has 21 heavy (non-hydrogen) atoms. The minimum atomic E-state index is -0.174. The van der Waals surface area contributed by atoms with Crippen LogP contribution in [0.3, 0.4) is 0 Å². The van der Waals surface area contributed by atoms with Crippen LogP contribution in [0.5, 0.6) is 0 Å². The Balaban J connectivity index is 1.88. The second-order valence-electron chi connectivity index (χ2n) is 4.72. The van der Waals surface area contributed by atoms with Crippen LogP contribution < -0.4 is 11.0 Å². The molecule has 108 valence electrons. The predicted octanol–water partition coefficient (Wildman–Crippen LogP) is 1.16. The SMILES string of the molecule is CCCNc1cc(Cn2nc3cnccn3c2=O)ccn1. The molecule has 0 aliphatic heterocycles. The predicted molar refractivity (Wildman–Crippen MR) is 79.4 cm³/mol. The molecule has 7 nitrogen and oxygen atoms in total. The molecule has 7 heteroatoms. The number of fused-ring (bicyclic) bond motifs is 1. The molecule has 0 atom stereocenters. The number of hydrogen-bond donors (Lipinski definition) is 1. The molecule has 0 fully saturated rings. The molecule has 0 saturated carbocycles. The van der Waals surface area contributed by atoms with Gasteiger partial charge in [-0.1, -0.05) is 6.92 Å². The number of hydrogen-bond acceptors (Lipinski definition) is 5. The number of nitrogens with one attached hydrogen (secondary N) is 1. The summed E-state index contributed by atoms with van der Waals surface area (Å²) in [5, 5.41) is 7.49. The van der Waals surface area contributed by atoms with E-state index in [0.717, 1.165) is 24.3 Å². The van der Waals surface area contributed by atoms with E-state index in [9.17, 15) is 4.79 Å². The van der Waals surface area contributed by atoms with Crippen molar-refractivity contribution in [2.45, 2.75) is 19.9 Å². The van der Waals surface area contributed by atoms with Gasteiger partial charge in [-0.3, -0.25) is 4.98 Å². The average Bonchev–Trinajstić information content (AvgIpc) is 2.82. The topological polar surface area (TPSA) is 77.1 Å². The van der Waals surface area contributed by atoms with Crippen LogP contribution in [0, 0.1) is 0 Å². The summed E-state index contributed by atoms with van der Waals surface area (Å²) in [7, 11) is 0. The minimum Gasteiger partial charge on any atom is -0.370 e. The second kappa shape index (κ2) is 5.74. The number of nitrogens with zero attached hydrogens (tertiary/aromatic N) is 5. The molecule has 0 saturated heterocycles. The van der Waals surface area contributed by atoms with Crippen LogP contribution in [-0.4, -0.2) is 30.7 Å². The quantitative estimate of drug-likeness (QED) is 0.760. The third-order valence-electron chi connectivity index (χ3n) is 3.10. The molecule has 3 rings (SSSR count). The Morgan fingerprint density at radius 1 is 1.33 bits per heavy atom. The van der Waals surface area contributed by atoms with E-state index in [4.69, 9.17) is 0 Å². The lowest BCUT2D eigenvalue weighted by atomic mass is 10.2. The summed E-state index contributed by atoms with van der Waals surface area (Å²) in [4.78, 5) is 20.4. The third kappa shape index (κ3) is 2.76. The zero-order valence-corrected chi connectivity index (χ0v) is 11.7. The van der Waals surface area contributed by atoms with E-state index >= 15 is 0 Å². The van der Waals surface area contributed by atoms with Crippen molar-refractivity contribution in [1.82, 2.24) is 24.1 Å². The Bertz CT molecular complexity index is 806. The zero-order chi connectivity index (χ0) is 14.7. The molecule has 0 radical (unpaired) electrons. The van der Waals surface area contributed by atoms with Crippen molar-refractivity contribution in [3.8, 4) is 0 Å². The maximum absolute atomic E-state index is 12.2. The van der Waals surface area contributed by atoms with Crippen molar-refractivity contribution in [3.05, 3.63) is 53.0 Å². The number of pyridine rings is 1. The van der Waals surface area contributed by atoms with Crippen LogP contribution in [0.1, 0.15) is 18.9 Å². The van der Waals surface area contributed by atoms with Crippen LogP contribution in [0.15, 0.2) is 41.7 Å². The smallest absolute Gasteiger partial charge is 0.350 e.